The molecule has 1 rings (SSSR count). The monoisotopic (exact) mass is 187 g/mol. The summed E-state index contributed by atoms with van der Waals surface area (Å²) in [5, 5.41) is 0. The lowest BCUT2D eigenvalue weighted by atomic mass is 10.3. The van der Waals surface area contributed by atoms with Gasteiger partial charge in [0.05, 0.1) is 6.10 Å². The van der Waals surface area contributed by atoms with Gasteiger partial charge < -0.3 is 10.5 Å². The molecule has 2 N–H and O–H groups in total. The maximum atomic E-state index is 5.55. The van der Waals surface area contributed by atoms with Crippen LogP contribution in [-0.4, -0.2) is 6.10 Å². The zero-order valence-corrected chi connectivity index (χ0v) is 8.10. The van der Waals surface area contributed by atoms with Gasteiger partial charge in [0.1, 0.15) is 5.75 Å². The molecule has 0 amide bonds. The van der Waals surface area contributed by atoms with E-state index in [9.17, 15) is 0 Å². The standard InChI is InChI=1S/C9H13NO.ClH/c1-7(2)11-9-5-3-4-8(10)6-9;/h3-7H,10H2,1-2H3;1H. The average Bonchev–Trinajstić information content (AvgIpc) is 1.85. The molecule has 0 saturated heterocycles. The lowest BCUT2D eigenvalue weighted by molar-refractivity contribution is 0.242. The fourth-order valence-electron chi connectivity index (χ4n) is 0.860. The summed E-state index contributed by atoms with van der Waals surface area (Å²) in [5.74, 6) is 0.833. The molecule has 0 aliphatic heterocycles. The lowest BCUT2D eigenvalue weighted by Crippen LogP contribution is -2.05. The van der Waals surface area contributed by atoms with Crippen LogP contribution in [0.1, 0.15) is 13.8 Å². The van der Waals surface area contributed by atoms with Crippen LogP contribution in [0.2, 0.25) is 0 Å². The first kappa shape index (κ1) is 11.1. The number of nitrogens with two attached hydrogens (primary N) is 1. The molecule has 2 nitrogen and oxygen atoms in total. The zero-order valence-electron chi connectivity index (χ0n) is 7.28. The predicted octanol–water partition coefficient (Wildman–Crippen LogP) is 2.48. The molecule has 0 radical (unpaired) electrons. The highest BCUT2D eigenvalue weighted by Gasteiger charge is 1.95. The van der Waals surface area contributed by atoms with E-state index in [2.05, 4.69) is 0 Å². The highest BCUT2D eigenvalue weighted by molar-refractivity contribution is 5.85. The van der Waals surface area contributed by atoms with E-state index < -0.39 is 0 Å². The van der Waals surface area contributed by atoms with Crippen molar-refractivity contribution in [1.29, 1.82) is 0 Å². The molecule has 0 aromatic heterocycles. The first-order valence-corrected chi connectivity index (χ1v) is 3.70. The summed E-state index contributed by atoms with van der Waals surface area (Å²) in [7, 11) is 0. The van der Waals surface area contributed by atoms with Crippen LogP contribution < -0.4 is 10.5 Å². The maximum Gasteiger partial charge on any atom is 0.121 e. The molecule has 0 spiro atoms. The summed E-state index contributed by atoms with van der Waals surface area (Å²) >= 11 is 0. The molecule has 1 aromatic rings. The van der Waals surface area contributed by atoms with Crippen molar-refractivity contribution >= 4 is 18.1 Å². The molecule has 68 valence electrons. The Balaban J connectivity index is 0.00000121. The van der Waals surface area contributed by atoms with Crippen LogP contribution in [-0.2, 0) is 0 Å². The SMILES string of the molecule is CC(C)Oc1cccc(N)c1.Cl. The van der Waals surface area contributed by atoms with Crippen LogP contribution in [0.3, 0.4) is 0 Å². The summed E-state index contributed by atoms with van der Waals surface area (Å²) in [5.41, 5.74) is 6.29. The summed E-state index contributed by atoms with van der Waals surface area (Å²) in [6.07, 6.45) is 0.205. The van der Waals surface area contributed by atoms with Gasteiger partial charge in [-0.2, -0.15) is 0 Å². The molecule has 0 fully saturated rings. The van der Waals surface area contributed by atoms with Gasteiger partial charge in [-0.1, -0.05) is 6.07 Å². The predicted molar refractivity (Wildman–Crippen MR) is 53.9 cm³/mol. The van der Waals surface area contributed by atoms with Gasteiger partial charge in [-0.3, -0.25) is 0 Å². The normalized spacial score (nSPS) is 9.25. The van der Waals surface area contributed by atoms with Crippen LogP contribution in [0.15, 0.2) is 24.3 Å². The summed E-state index contributed by atoms with van der Waals surface area (Å²) in [4.78, 5) is 0. The Morgan fingerprint density at radius 2 is 2.00 bits per heavy atom. The Kier molecular flexibility index (Phi) is 4.52. The van der Waals surface area contributed by atoms with Crippen molar-refractivity contribution in [3.63, 3.8) is 0 Å². The van der Waals surface area contributed by atoms with Crippen LogP contribution in [0.5, 0.6) is 5.75 Å². The first-order valence-electron chi connectivity index (χ1n) is 3.70. The second-order valence-electron chi connectivity index (χ2n) is 2.74. The van der Waals surface area contributed by atoms with Gasteiger partial charge in [-0.05, 0) is 26.0 Å². The van der Waals surface area contributed by atoms with Crippen molar-refractivity contribution in [1.82, 2.24) is 0 Å². The minimum atomic E-state index is 0. The van der Waals surface area contributed by atoms with E-state index in [4.69, 9.17) is 10.5 Å². The van der Waals surface area contributed by atoms with Gasteiger partial charge >= 0.3 is 0 Å². The van der Waals surface area contributed by atoms with Gasteiger partial charge in [0, 0.05) is 11.8 Å². The molecule has 12 heavy (non-hydrogen) atoms. The van der Waals surface area contributed by atoms with Crippen molar-refractivity contribution in [2.24, 2.45) is 0 Å². The number of nitrogen functional groups attached to an aromatic ring is 1. The minimum absolute atomic E-state index is 0. The van der Waals surface area contributed by atoms with Crippen molar-refractivity contribution < 1.29 is 4.74 Å². The molecular formula is C9H14ClNO. The van der Waals surface area contributed by atoms with E-state index in [1.54, 1.807) is 0 Å². The van der Waals surface area contributed by atoms with Crippen molar-refractivity contribution in [3.8, 4) is 5.75 Å². The second-order valence-corrected chi connectivity index (χ2v) is 2.74. The largest absolute Gasteiger partial charge is 0.491 e. The highest BCUT2D eigenvalue weighted by atomic mass is 35.5. The number of halogens is 1. The molecule has 0 aliphatic rings. The maximum absolute atomic E-state index is 5.55. The molecule has 1 aromatic carbocycles. The van der Waals surface area contributed by atoms with E-state index in [0.717, 1.165) is 11.4 Å². The number of hydrogen-bond acceptors (Lipinski definition) is 2. The summed E-state index contributed by atoms with van der Waals surface area (Å²) < 4.78 is 5.42. The highest BCUT2D eigenvalue weighted by Crippen LogP contribution is 2.15. The summed E-state index contributed by atoms with van der Waals surface area (Å²) in [6.45, 7) is 3.98. The molecule has 0 saturated carbocycles. The van der Waals surface area contributed by atoms with Crippen molar-refractivity contribution in [3.05, 3.63) is 24.3 Å². The smallest absolute Gasteiger partial charge is 0.121 e. The Morgan fingerprint density at radius 1 is 1.33 bits per heavy atom. The lowest BCUT2D eigenvalue weighted by Gasteiger charge is -2.09. The number of anilines is 1. The van der Waals surface area contributed by atoms with Crippen molar-refractivity contribution in [2.45, 2.75) is 20.0 Å². The van der Waals surface area contributed by atoms with Gasteiger partial charge in [0.2, 0.25) is 0 Å². The Morgan fingerprint density at radius 3 is 2.50 bits per heavy atom. The molecule has 0 bridgehead atoms. The molecule has 0 aliphatic carbocycles. The Bertz CT molecular complexity index is 238. The quantitative estimate of drug-likeness (QED) is 0.722. The number of benzene rings is 1. The third-order valence-electron chi connectivity index (χ3n) is 1.23. The van der Waals surface area contributed by atoms with Gasteiger partial charge in [-0.25, -0.2) is 0 Å². The van der Waals surface area contributed by atoms with Crippen molar-refractivity contribution in [2.75, 3.05) is 5.73 Å². The van der Waals surface area contributed by atoms with Gasteiger partial charge in [0.15, 0.2) is 0 Å². The molecule has 0 unspecified atom stereocenters. The molecular weight excluding hydrogens is 174 g/mol. The summed E-state index contributed by atoms with van der Waals surface area (Å²) in [6, 6.07) is 7.44. The van der Waals surface area contributed by atoms with Crippen LogP contribution in [0.4, 0.5) is 5.69 Å². The molecule has 3 heteroatoms. The third-order valence-corrected chi connectivity index (χ3v) is 1.23. The van der Waals surface area contributed by atoms with Crippen LogP contribution in [0, 0.1) is 0 Å². The Labute approximate surface area is 79.1 Å². The van der Waals surface area contributed by atoms with E-state index in [-0.39, 0.29) is 18.5 Å². The third kappa shape index (κ3) is 3.49. The zero-order chi connectivity index (χ0) is 8.27. The number of rotatable bonds is 2. The second kappa shape index (κ2) is 4.88. The topological polar surface area (TPSA) is 35.2 Å². The minimum Gasteiger partial charge on any atom is -0.491 e. The van der Waals surface area contributed by atoms with Crippen LogP contribution >= 0.6 is 12.4 Å². The van der Waals surface area contributed by atoms with Crippen LogP contribution in [0.25, 0.3) is 0 Å². The number of ether oxygens (including phenoxy) is 1. The van der Waals surface area contributed by atoms with E-state index in [1.165, 1.54) is 0 Å². The fourth-order valence-corrected chi connectivity index (χ4v) is 0.860. The van der Waals surface area contributed by atoms with Gasteiger partial charge in [0.25, 0.3) is 0 Å². The molecule has 0 atom stereocenters. The Hall–Kier alpha value is -0.890. The van der Waals surface area contributed by atoms with E-state index >= 15 is 0 Å². The van der Waals surface area contributed by atoms with E-state index in [1.807, 2.05) is 38.1 Å². The molecule has 0 heterocycles. The van der Waals surface area contributed by atoms with Gasteiger partial charge in [-0.15, -0.1) is 12.4 Å². The average molecular weight is 188 g/mol. The number of hydrogen-bond donors (Lipinski definition) is 1. The van der Waals surface area contributed by atoms with E-state index in [0.29, 0.717) is 0 Å². The fraction of sp³-hybridized carbons (Fsp3) is 0.333. The first-order chi connectivity index (χ1) is 5.18.